The molecule has 3 heterocycles. The molecule has 0 saturated heterocycles. The van der Waals surface area contributed by atoms with Gasteiger partial charge in [0.15, 0.2) is 11.6 Å². The number of nitrogens with one attached hydrogen (secondary N) is 3. The zero-order valence-corrected chi connectivity index (χ0v) is 14.5. The zero-order chi connectivity index (χ0) is 18.8. The smallest absolute Gasteiger partial charge is 0.245 e. The normalized spacial score (nSPS) is 11.4. The number of anilines is 3. The van der Waals surface area contributed by atoms with Gasteiger partial charge >= 0.3 is 0 Å². The number of para-hydroxylation sites is 2. The fourth-order valence-electron chi connectivity index (χ4n) is 2.82. The minimum absolute atomic E-state index is 0.295. The van der Waals surface area contributed by atoms with E-state index in [1.807, 2.05) is 60.8 Å². The first kappa shape index (κ1) is 15.9. The molecule has 0 bridgehead atoms. The topological polar surface area (TPSA) is 117 Å². The number of hydrogen-bond acceptors (Lipinski definition) is 8. The molecular weight excluding hydrogens is 356 g/mol. The number of rotatable bonds is 5. The monoisotopic (exact) mass is 370 g/mol. The highest BCUT2D eigenvalue weighted by Crippen LogP contribution is 2.23. The zero-order valence-electron chi connectivity index (χ0n) is 14.5. The van der Waals surface area contributed by atoms with E-state index in [0.29, 0.717) is 22.9 Å². The van der Waals surface area contributed by atoms with E-state index in [1.165, 1.54) is 0 Å². The van der Waals surface area contributed by atoms with Crippen molar-refractivity contribution < 1.29 is 4.63 Å². The second-order valence-electron chi connectivity index (χ2n) is 5.98. The molecule has 5 aromatic rings. The van der Waals surface area contributed by atoms with Crippen molar-refractivity contribution in [3.05, 3.63) is 66.4 Å². The third-order valence-electron chi connectivity index (χ3n) is 4.15. The van der Waals surface area contributed by atoms with Gasteiger partial charge in [-0.25, -0.2) is 9.61 Å². The van der Waals surface area contributed by atoms with Crippen molar-refractivity contribution in [3.8, 4) is 0 Å². The van der Waals surface area contributed by atoms with Crippen molar-refractivity contribution in [2.75, 3.05) is 10.7 Å². The van der Waals surface area contributed by atoms with Gasteiger partial charge < -0.3 is 10.3 Å². The number of H-pyrrole nitrogens is 1. The Labute approximate surface area is 158 Å². The number of aromatic nitrogens is 5. The Morgan fingerprint density at radius 1 is 0.893 bits per heavy atom. The molecule has 0 fully saturated rings. The highest BCUT2D eigenvalue weighted by Gasteiger charge is 2.12. The van der Waals surface area contributed by atoms with Crippen LogP contribution in [0.25, 0.3) is 22.2 Å². The van der Waals surface area contributed by atoms with E-state index in [9.17, 15) is 0 Å². The summed E-state index contributed by atoms with van der Waals surface area (Å²) in [4.78, 5) is 12.0. The molecule has 3 N–H and O–H groups in total. The number of aromatic amines is 1. The summed E-state index contributed by atoms with van der Waals surface area (Å²) >= 11 is 0. The SMILES string of the molecule is C(=N\Nc1nc2nonc2nc1Nc1ccccc1)/c1c[nH]c2ccccc12. The maximum Gasteiger partial charge on any atom is 0.245 e. The van der Waals surface area contributed by atoms with Gasteiger partial charge in [-0.05, 0) is 28.5 Å². The molecule has 28 heavy (non-hydrogen) atoms. The lowest BCUT2D eigenvalue weighted by atomic mass is 10.2. The highest BCUT2D eigenvalue weighted by atomic mass is 16.6. The Hall–Kier alpha value is -4.27. The lowest BCUT2D eigenvalue weighted by Gasteiger charge is -2.08. The molecule has 136 valence electrons. The first-order chi connectivity index (χ1) is 13.9. The highest BCUT2D eigenvalue weighted by molar-refractivity contribution is 5.99. The molecule has 9 heteroatoms. The maximum atomic E-state index is 4.71. The lowest BCUT2D eigenvalue weighted by Crippen LogP contribution is -2.03. The van der Waals surface area contributed by atoms with E-state index in [0.717, 1.165) is 22.2 Å². The van der Waals surface area contributed by atoms with Crippen molar-refractivity contribution in [2.24, 2.45) is 5.10 Å². The second kappa shape index (κ2) is 6.80. The molecule has 0 unspecified atom stereocenters. The summed E-state index contributed by atoms with van der Waals surface area (Å²) in [6, 6.07) is 17.6. The van der Waals surface area contributed by atoms with Crippen molar-refractivity contribution in [1.82, 2.24) is 25.3 Å². The van der Waals surface area contributed by atoms with Gasteiger partial charge in [-0.2, -0.15) is 10.1 Å². The van der Waals surface area contributed by atoms with E-state index >= 15 is 0 Å². The number of nitrogens with zero attached hydrogens (tertiary/aromatic N) is 5. The lowest BCUT2D eigenvalue weighted by molar-refractivity contribution is 0.314. The molecule has 0 atom stereocenters. The Kier molecular flexibility index (Phi) is 3.87. The standard InChI is InChI=1S/C19H14N8O/c1-2-6-13(7-3-1)22-16-17(24-19-18(23-16)26-28-27-19)25-21-11-12-10-20-15-9-5-4-8-14(12)15/h1-11,20H,(H,22,23,26)(H,24,25,27)/b21-11+. The molecule has 0 saturated carbocycles. The van der Waals surface area contributed by atoms with Crippen molar-refractivity contribution in [1.29, 1.82) is 0 Å². The van der Waals surface area contributed by atoms with Crippen LogP contribution >= 0.6 is 0 Å². The van der Waals surface area contributed by atoms with Crippen molar-refractivity contribution in [2.45, 2.75) is 0 Å². The molecule has 9 nitrogen and oxygen atoms in total. The van der Waals surface area contributed by atoms with Crippen LogP contribution in [0, 0.1) is 0 Å². The van der Waals surface area contributed by atoms with Gasteiger partial charge in [0, 0.05) is 28.4 Å². The Balaban J connectivity index is 1.46. The molecule has 3 aromatic heterocycles. The summed E-state index contributed by atoms with van der Waals surface area (Å²) in [5.74, 6) is 0.869. The first-order valence-electron chi connectivity index (χ1n) is 8.54. The molecule has 0 radical (unpaired) electrons. The van der Waals surface area contributed by atoms with E-state index in [4.69, 9.17) is 4.63 Å². The largest absolute Gasteiger partial charge is 0.361 e. The van der Waals surface area contributed by atoms with Gasteiger partial charge in [0.25, 0.3) is 0 Å². The van der Waals surface area contributed by atoms with Crippen LogP contribution in [0.15, 0.2) is 70.5 Å². The predicted octanol–water partition coefficient (Wildman–Crippen LogP) is 3.68. The van der Waals surface area contributed by atoms with E-state index < -0.39 is 0 Å². The Morgan fingerprint density at radius 2 is 1.64 bits per heavy atom. The number of fused-ring (bicyclic) bond motifs is 2. The summed E-state index contributed by atoms with van der Waals surface area (Å²) in [5.41, 5.74) is 6.39. The minimum atomic E-state index is 0.295. The molecule has 0 aliphatic carbocycles. The van der Waals surface area contributed by atoms with E-state index in [-0.39, 0.29) is 0 Å². The van der Waals surface area contributed by atoms with Crippen LogP contribution in [-0.2, 0) is 0 Å². The van der Waals surface area contributed by atoms with E-state index in [1.54, 1.807) is 6.21 Å². The average Bonchev–Trinajstić information content (AvgIpc) is 3.35. The minimum Gasteiger partial charge on any atom is -0.361 e. The molecule has 0 amide bonds. The molecule has 5 rings (SSSR count). The summed E-state index contributed by atoms with van der Waals surface area (Å²) in [5, 5.41) is 16.1. The third-order valence-corrected chi connectivity index (χ3v) is 4.15. The van der Waals surface area contributed by atoms with Crippen LogP contribution < -0.4 is 10.7 Å². The average molecular weight is 370 g/mol. The molecular formula is C19H14N8O. The summed E-state index contributed by atoms with van der Waals surface area (Å²) in [6.45, 7) is 0. The Morgan fingerprint density at radius 3 is 2.50 bits per heavy atom. The van der Waals surface area contributed by atoms with Crippen LogP contribution in [0.2, 0.25) is 0 Å². The van der Waals surface area contributed by atoms with Gasteiger partial charge in [0.05, 0.1) is 6.21 Å². The van der Waals surface area contributed by atoms with Crippen molar-refractivity contribution in [3.63, 3.8) is 0 Å². The Bertz CT molecular complexity index is 1280. The number of hydrogen-bond donors (Lipinski definition) is 3. The summed E-state index contributed by atoms with van der Waals surface area (Å²) in [6.07, 6.45) is 3.62. The molecule has 0 aliphatic heterocycles. The fraction of sp³-hybridized carbons (Fsp3) is 0. The number of benzene rings is 2. The van der Waals surface area contributed by atoms with Gasteiger partial charge in [-0.1, -0.05) is 36.4 Å². The van der Waals surface area contributed by atoms with Crippen molar-refractivity contribution >= 4 is 45.7 Å². The summed E-state index contributed by atoms with van der Waals surface area (Å²) < 4.78 is 4.71. The van der Waals surface area contributed by atoms with Crippen LogP contribution in [0.5, 0.6) is 0 Å². The van der Waals surface area contributed by atoms with Crippen LogP contribution in [0.3, 0.4) is 0 Å². The van der Waals surface area contributed by atoms with Crippen LogP contribution in [0.4, 0.5) is 17.3 Å². The van der Waals surface area contributed by atoms with E-state index in [2.05, 4.69) is 41.1 Å². The molecule has 0 aliphatic rings. The molecule has 2 aromatic carbocycles. The third kappa shape index (κ3) is 3.01. The maximum absolute atomic E-state index is 4.71. The van der Waals surface area contributed by atoms with Gasteiger partial charge in [-0.3, -0.25) is 5.43 Å². The van der Waals surface area contributed by atoms with Gasteiger partial charge in [0.1, 0.15) is 0 Å². The van der Waals surface area contributed by atoms with Gasteiger partial charge in [0.2, 0.25) is 11.3 Å². The van der Waals surface area contributed by atoms with Crippen LogP contribution in [-0.4, -0.2) is 31.5 Å². The second-order valence-corrected chi connectivity index (χ2v) is 5.98. The first-order valence-corrected chi connectivity index (χ1v) is 8.54. The number of hydrazone groups is 1. The molecule has 0 spiro atoms. The van der Waals surface area contributed by atoms with Gasteiger partial charge in [-0.15, -0.1) is 0 Å². The quantitative estimate of drug-likeness (QED) is 0.319. The predicted molar refractivity (Wildman–Crippen MR) is 107 cm³/mol. The summed E-state index contributed by atoms with van der Waals surface area (Å²) in [7, 11) is 0. The van der Waals surface area contributed by atoms with Crippen LogP contribution in [0.1, 0.15) is 5.56 Å². The fourth-order valence-corrected chi connectivity index (χ4v) is 2.82.